The lowest BCUT2D eigenvalue weighted by molar-refractivity contribution is -0.117. The van der Waals surface area contributed by atoms with Crippen molar-refractivity contribution in [2.45, 2.75) is 26.7 Å². The molecule has 0 radical (unpaired) electrons. The number of methoxy groups -OCH3 is 1. The topological polar surface area (TPSA) is 26.3 Å². The molecule has 0 aliphatic heterocycles. The van der Waals surface area contributed by atoms with E-state index in [1.54, 1.807) is 13.0 Å². The molecule has 0 saturated heterocycles. The van der Waals surface area contributed by atoms with Crippen molar-refractivity contribution in [3.05, 3.63) is 29.6 Å². The summed E-state index contributed by atoms with van der Waals surface area (Å²) in [5.74, 6) is 0.310. The van der Waals surface area contributed by atoms with Gasteiger partial charge in [0.15, 0.2) is 11.6 Å². The van der Waals surface area contributed by atoms with Gasteiger partial charge in [0.1, 0.15) is 5.78 Å². The SMILES string of the molecule is COc1ccc(CC(C)CC(C)=O)cc1F. The molecule has 2 nitrogen and oxygen atoms in total. The van der Waals surface area contributed by atoms with Gasteiger partial charge in [0, 0.05) is 6.42 Å². The summed E-state index contributed by atoms with van der Waals surface area (Å²) in [7, 11) is 1.44. The van der Waals surface area contributed by atoms with Gasteiger partial charge in [0.05, 0.1) is 7.11 Å². The van der Waals surface area contributed by atoms with Crippen molar-refractivity contribution in [3.63, 3.8) is 0 Å². The van der Waals surface area contributed by atoms with Gasteiger partial charge in [-0.3, -0.25) is 0 Å². The molecule has 1 unspecified atom stereocenters. The third kappa shape index (κ3) is 3.65. The number of ketones is 1. The van der Waals surface area contributed by atoms with Crippen LogP contribution in [0.5, 0.6) is 5.75 Å². The van der Waals surface area contributed by atoms with Crippen LogP contribution < -0.4 is 4.74 Å². The number of carbonyl (C=O) groups is 1. The molecule has 0 spiro atoms. The van der Waals surface area contributed by atoms with E-state index in [9.17, 15) is 9.18 Å². The van der Waals surface area contributed by atoms with Crippen LogP contribution in [-0.4, -0.2) is 12.9 Å². The van der Waals surface area contributed by atoms with Gasteiger partial charge >= 0.3 is 0 Å². The average molecular weight is 224 g/mol. The molecule has 1 aromatic carbocycles. The number of hydrogen-bond donors (Lipinski definition) is 0. The Hall–Kier alpha value is -1.38. The Bertz CT molecular complexity index is 374. The number of hydrogen-bond acceptors (Lipinski definition) is 2. The molecule has 0 aromatic heterocycles. The predicted octanol–water partition coefficient (Wildman–Crippen LogP) is 2.99. The quantitative estimate of drug-likeness (QED) is 0.768. The Morgan fingerprint density at radius 3 is 2.69 bits per heavy atom. The van der Waals surface area contributed by atoms with Crippen LogP contribution in [0.1, 0.15) is 25.8 Å². The van der Waals surface area contributed by atoms with Crippen LogP contribution in [-0.2, 0) is 11.2 Å². The smallest absolute Gasteiger partial charge is 0.165 e. The highest BCUT2D eigenvalue weighted by atomic mass is 19.1. The molecule has 3 heteroatoms. The minimum absolute atomic E-state index is 0.168. The molecule has 0 bridgehead atoms. The van der Waals surface area contributed by atoms with E-state index in [0.29, 0.717) is 12.8 Å². The number of carbonyl (C=O) groups excluding carboxylic acids is 1. The first-order valence-corrected chi connectivity index (χ1v) is 5.34. The first-order valence-electron chi connectivity index (χ1n) is 5.34. The summed E-state index contributed by atoms with van der Waals surface area (Å²) in [5, 5.41) is 0. The molecule has 16 heavy (non-hydrogen) atoms. The Morgan fingerprint density at radius 1 is 1.50 bits per heavy atom. The van der Waals surface area contributed by atoms with E-state index in [4.69, 9.17) is 4.74 Å². The zero-order valence-electron chi connectivity index (χ0n) is 9.92. The fraction of sp³-hybridized carbons (Fsp3) is 0.462. The van der Waals surface area contributed by atoms with E-state index < -0.39 is 0 Å². The minimum Gasteiger partial charge on any atom is -0.494 e. The lowest BCUT2D eigenvalue weighted by Crippen LogP contribution is -2.05. The lowest BCUT2D eigenvalue weighted by Gasteiger charge is -2.10. The molecule has 0 heterocycles. The van der Waals surface area contributed by atoms with Crippen LogP contribution in [0.25, 0.3) is 0 Å². The zero-order valence-corrected chi connectivity index (χ0v) is 9.92. The lowest BCUT2D eigenvalue weighted by atomic mass is 9.96. The average Bonchev–Trinajstić information content (AvgIpc) is 2.16. The van der Waals surface area contributed by atoms with Crippen molar-refractivity contribution in [2.75, 3.05) is 7.11 Å². The van der Waals surface area contributed by atoms with Crippen LogP contribution in [0.4, 0.5) is 4.39 Å². The van der Waals surface area contributed by atoms with Crippen molar-refractivity contribution in [3.8, 4) is 5.75 Å². The fourth-order valence-corrected chi connectivity index (χ4v) is 1.80. The first-order chi connectivity index (χ1) is 7.52. The summed E-state index contributed by atoms with van der Waals surface area (Å²) in [6.45, 7) is 3.56. The zero-order chi connectivity index (χ0) is 12.1. The van der Waals surface area contributed by atoms with Crippen LogP contribution in [0.3, 0.4) is 0 Å². The van der Waals surface area contributed by atoms with Crippen LogP contribution in [0.15, 0.2) is 18.2 Å². The van der Waals surface area contributed by atoms with E-state index in [0.717, 1.165) is 5.56 Å². The molecule has 0 saturated carbocycles. The second-order valence-electron chi connectivity index (χ2n) is 4.18. The van der Waals surface area contributed by atoms with E-state index in [2.05, 4.69) is 0 Å². The molecule has 88 valence electrons. The molecule has 1 rings (SSSR count). The fourth-order valence-electron chi connectivity index (χ4n) is 1.80. The highest BCUT2D eigenvalue weighted by molar-refractivity contribution is 5.75. The van der Waals surface area contributed by atoms with Gasteiger partial charge in [-0.25, -0.2) is 4.39 Å². The van der Waals surface area contributed by atoms with Gasteiger partial charge in [0.25, 0.3) is 0 Å². The van der Waals surface area contributed by atoms with Gasteiger partial charge in [-0.1, -0.05) is 13.0 Å². The predicted molar refractivity (Wildman–Crippen MR) is 61.1 cm³/mol. The van der Waals surface area contributed by atoms with Crippen LogP contribution in [0, 0.1) is 11.7 Å². The van der Waals surface area contributed by atoms with Crippen molar-refractivity contribution in [2.24, 2.45) is 5.92 Å². The molecule has 0 amide bonds. The summed E-state index contributed by atoms with van der Waals surface area (Å²) >= 11 is 0. The van der Waals surface area contributed by atoms with Gasteiger partial charge in [0.2, 0.25) is 0 Å². The number of rotatable bonds is 5. The molecular formula is C13H17FO2. The molecule has 0 aliphatic carbocycles. The number of ether oxygens (including phenoxy) is 1. The van der Waals surface area contributed by atoms with Crippen molar-refractivity contribution < 1.29 is 13.9 Å². The van der Waals surface area contributed by atoms with E-state index >= 15 is 0 Å². The Labute approximate surface area is 95.4 Å². The maximum atomic E-state index is 13.4. The molecule has 1 aromatic rings. The highest BCUT2D eigenvalue weighted by Gasteiger charge is 2.09. The summed E-state index contributed by atoms with van der Waals surface area (Å²) in [6.07, 6.45) is 1.24. The van der Waals surface area contributed by atoms with E-state index in [1.807, 2.05) is 13.0 Å². The Balaban J connectivity index is 2.67. The van der Waals surface area contributed by atoms with Gasteiger partial charge in [-0.05, 0) is 37.0 Å². The number of halogens is 1. The Morgan fingerprint density at radius 2 is 2.19 bits per heavy atom. The molecule has 0 N–H and O–H groups in total. The van der Waals surface area contributed by atoms with Crippen molar-refractivity contribution in [1.29, 1.82) is 0 Å². The molecule has 1 atom stereocenters. The maximum absolute atomic E-state index is 13.4. The third-order valence-corrected chi connectivity index (χ3v) is 2.44. The minimum atomic E-state index is -0.352. The number of benzene rings is 1. The van der Waals surface area contributed by atoms with Crippen molar-refractivity contribution in [1.82, 2.24) is 0 Å². The summed E-state index contributed by atoms with van der Waals surface area (Å²) < 4.78 is 18.2. The van der Waals surface area contributed by atoms with Crippen LogP contribution in [0.2, 0.25) is 0 Å². The third-order valence-electron chi connectivity index (χ3n) is 2.44. The molecule has 0 fully saturated rings. The summed E-state index contributed by atoms with van der Waals surface area (Å²) in [6, 6.07) is 4.92. The van der Waals surface area contributed by atoms with E-state index in [1.165, 1.54) is 13.2 Å². The maximum Gasteiger partial charge on any atom is 0.165 e. The van der Waals surface area contributed by atoms with Gasteiger partial charge < -0.3 is 9.53 Å². The standard InChI is InChI=1S/C13H17FO2/c1-9(6-10(2)15)7-11-4-5-13(16-3)12(14)8-11/h4-5,8-9H,6-7H2,1-3H3. The van der Waals surface area contributed by atoms with Crippen molar-refractivity contribution >= 4 is 5.78 Å². The molecule has 0 aliphatic rings. The monoisotopic (exact) mass is 224 g/mol. The second kappa shape index (κ2) is 5.64. The first kappa shape index (κ1) is 12.7. The normalized spacial score (nSPS) is 12.2. The Kier molecular flexibility index (Phi) is 4.47. The largest absolute Gasteiger partial charge is 0.494 e. The highest BCUT2D eigenvalue weighted by Crippen LogP contribution is 2.20. The molecular weight excluding hydrogens is 207 g/mol. The van der Waals surface area contributed by atoms with Gasteiger partial charge in [-0.2, -0.15) is 0 Å². The number of Topliss-reactive ketones (excluding diaryl/α,β-unsaturated/α-hetero) is 1. The summed E-state index contributed by atoms with van der Waals surface area (Å²) in [5.41, 5.74) is 0.895. The second-order valence-corrected chi connectivity index (χ2v) is 4.18. The summed E-state index contributed by atoms with van der Waals surface area (Å²) in [4.78, 5) is 10.9. The van der Waals surface area contributed by atoms with E-state index in [-0.39, 0.29) is 23.3 Å². The van der Waals surface area contributed by atoms with Gasteiger partial charge in [-0.15, -0.1) is 0 Å². The van der Waals surface area contributed by atoms with Crippen LogP contribution >= 0.6 is 0 Å².